The number of hydrogen-bond donors (Lipinski definition) is 2. The largest absolute Gasteiger partial charge is 0.325 e. The van der Waals surface area contributed by atoms with Gasteiger partial charge in [-0.3, -0.25) is 10.1 Å². The zero-order valence-corrected chi connectivity index (χ0v) is 13.6. The summed E-state index contributed by atoms with van der Waals surface area (Å²) in [5.41, 5.74) is 3.09. The first-order valence-corrected chi connectivity index (χ1v) is 8.40. The van der Waals surface area contributed by atoms with E-state index in [1.54, 1.807) is 11.8 Å². The Balaban J connectivity index is 1.72. The zero-order chi connectivity index (χ0) is 15.6. The predicted molar refractivity (Wildman–Crippen MR) is 94.0 cm³/mol. The highest BCUT2D eigenvalue weighted by Crippen LogP contribution is 2.30. The molecular weight excluding hydrogens is 292 g/mol. The lowest BCUT2D eigenvalue weighted by Gasteiger charge is -2.18. The molecule has 2 aromatic rings. The maximum Gasteiger partial charge on any atom is 0.242 e. The summed E-state index contributed by atoms with van der Waals surface area (Å²) < 4.78 is 0. The fourth-order valence-corrected chi connectivity index (χ4v) is 3.62. The van der Waals surface area contributed by atoms with Crippen LogP contribution in [-0.2, 0) is 4.79 Å². The first-order valence-electron chi connectivity index (χ1n) is 7.41. The molecule has 0 radical (unpaired) electrons. The monoisotopic (exact) mass is 312 g/mol. The van der Waals surface area contributed by atoms with E-state index in [0.29, 0.717) is 0 Å². The summed E-state index contributed by atoms with van der Waals surface area (Å²) in [6, 6.07) is 18.0. The van der Waals surface area contributed by atoms with E-state index in [9.17, 15) is 4.79 Å². The number of nitrogens with one attached hydrogen (secondary N) is 2. The molecule has 2 aromatic carbocycles. The molecule has 2 N–H and O–H groups in total. The zero-order valence-electron chi connectivity index (χ0n) is 12.8. The van der Waals surface area contributed by atoms with Gasteiger partial charge in [0, 0.05) is 11.4 Å². The molecule has 114 valence electrons. The molecule has 1 saturated heterocycles. The molecule has 1 heterocycles. The first-order chi connectivity index (χ1) is 10.5. The summed E-state index contributed by atoms with van der Waals surface area (Å²) in [5, 5.41) is 6.36. The van der Waals surface area contributed by atoms with Crippen LogP contribution >= 0.6 is 11.8 Å². The number of anilines is 1. The molecule has 0 spiro atoms. The highest BCUT2D eigenvalue weighted by Gasteiger charge is 2.34. The van der Waals surface area contributed by atoms with Gasteiger partial charge in [-0.15, -0.1) is 11.8 Å². The fraction of sp³-hybridized carbons (Fsp3) is 0.278. The van der Waals surface area contributed by atoms with E-state index < -0.39 is 0 Å². The molecule has 0 saturated carbocycles. The van der Waals surface area contributed by atoms with Crippen molar-refractivity contribution < 1.29 is 4.79 Å². The van der Waals surface area contributed by atoms with Crippen molar-refractivity contribution >= 4 is 23.4 Å². The second-order valence-corrected chi connectivity index (χ2v) is 7.60. The van der Waals surface area contributed by atoms with E-state index in [-0.39, 0.29) is 16.8 Å². The lowest BCUT2D eigenvalue weighted by atomic mass is 10.1. The minimum Gasteiger partial charge on any atom is -0.325 e. The number of hydrogen-bond acceptors (Lipinski definition) is 3. The van der Waals surface area contributed by atoms with Gasteiger partial charge in [-0.1, -0.05) is 42.5 Å². The van der Waals surface area contributed by atoms with Crippen LogP contribution in [-0.4, -0.2) is 22.6 Å². The van der Waals surface area contributed by atoms with E-state index in [2.05, 4.69) is 42.7 Å². The first kappa shape index (κ1) is 15.1. The second-order valence-electron chi connectivity index (χ2n) is 5.95. The van der Waals surface area contributed by atoms with E-state index in [0.717, 1.165) is 22.6 Å². The molecule has 1 amide bonds. The highest BCUT2D eigenvalue weighted by atomic mass is 32.2. The molecule has 1 aliphatic heterocycles. The number of carbonyl (C=O) groups excluding carboxylic acids is 1. The van der Waals surface area contributed by atoms with Gasteiger partial charge in [0.2, 0.25) is 5.91 Å². The molecule has 3 nitrogen and oxygen atoms in total. The normalized spacial score (nSPS) is 19.8. The van der Waals surface area contributed by atoms with Crippen LogP contribution in [0.5, 0.6) is 0 Å². The van der Waals surface area contributed by atoms with Gasteiger partial charge in [0.25, 0.3) is 0 Å². The van der Waals surface area contributed by atoms with Crippen LogP contribution in [0.1, 0.15) is 13.8 Å². The Morgan fingerprint density at radius 2 is 1.86 bits per heavy atom. The standard InChI is InChI=1S/C18H20N2OS/c1-18(2)20-16(12-22-18)17(21)19-15-10-6-9-14(11-15)13-7-4-3-5-8-13/h3-11,16,20H,12H2,1-2H3,(H,19,21)/t16-/m0/s1. The van der Waals surface area contributed by atoms with Crippen LogP contribution in [0.15, 0.2) is 54.6 Å². The molecule has 1 atom stereocenters. The topological polar surface area (TPSA) is 41.1 Å². The van der Waals surface area contributed by atoms with Crippen LogP contribution < -0.4 is 10.6 Å². The summed E-state index contributed by atoms with van der Waals surface area (Å²) in [4.78, 5) is 12.3. The molecule has 0 bridgehead atoms. The molecule has 3 rings (SSSR count). The Morgan fingerprint density at radius 1 is 1.14 bits per heavy atom. The Bertz CT molecular complexity index is 670. The third-order valence-electron chi connectivity index (χ3n) is 3.69. The van der Waals surface area contributed by atoms with Crippen molar-refractivity contribution in [2.45, 2.75) is 24.8 Å². The number of thioether (sulfide) groups is 1. The molecule has 0 aliphatic carbocycles. The quantitative estimate of drug-likeness (QED) is 0.907. The van der Waals surface area contributed by atoms with E-state index in [4.69, 9.17) is 0 Å². The SMILES string of the molecule is CC1(C)N[C@H](C(=O)Nc2cccc(-c3ccccc3)c2)CS1. The van der Waals surface area contributed by atoms with E-state index >= 15 is 0 Å². The van der Waals surface area contributed by atoms with Gasteiger partial charge in [0.15, 0.2) is 0 Å². The third kappa shape index (κ3) is 3.51. The highest BCUT2D eigenvalue weighted by molar-refractivity contribution is 8.00. The molecule has 0 unspecified atom stereocenters. The Kier molecular flexibility index (Phi) is 4.23. The number of rotatable bonds is 3. The summed E-state index contributed by atoms with van der Waals surface area (Å²) in [6.45, 7) is 4.20. The molecular formula is C18H20N2OS. The molecule has 1 aliphatic rings. The van der Waals surface area contributed by atoms with Gasteiger partial charge in [-0.2, -0.15) is 0 Å². The van der Waals surface area contributed by atoms with Crippen molar-refractivity contribution in [3.63, 3.8) is 0 Å². The van der Waals surface area contributed by atoms with Gasteiger partial charge < -0.3 is 5.32 Å². The van der Waals surface area contributed by atoms with Crippen LogP contribution in [0.4, 0.5) is 5.69 Å². The maximum absolute atomic E-state index is 12.4. The van der Waals surface area contributed by atoms with Crippen molar-refractivity contribution in [3.8, 4) is 11.1 Å². The number of carbonyl (C=O) groups is 1. The Hall–Kier alpha value is -1.78. The van der Waals surface area contributed by atoms with Crippen molar-refractivity contribution in [1.82, 2.24) is 5.32 Å². The van der Waals surface area contributed by atoms with Crippen molar-refractivity contribution in [3.05, 3.63) is 54.6 Å². The number of amides is 1. The second kappa shape index (κ2) is 6.15. The molecule has 0 aromatic heterocycles. The van der Waals surface area contributed by atoms with Crippen LogP contribution in [0.25, 0.3) is 11.1 Å². The predicted octanol–water partition coefficient (Wildman–Crippen LogP) is 3.73. The van der Waals surface area contributed by atoms with Crippen molar-refractivity contribution in [1.29, 1.82) is 0 Å². The third-order valence-corrected chi connectivity index (χ3v) is 5.03. The van der Waals surface area contributed by atoms with E-state index in [1.807, 2.05) is 36.4 Å². The Labute approximate surface area is 135 Å². The van der Waals surface area contributed by atoms with E-state index in [1.165, 1.54) is 0 Å². The van der Waals surface area contributed by atoms with Crippen molar-refractivity contribution in [2.75, 3.05) is 11.1 Å². The summed E-state index contributed by atoms with van der Waals surface area (Å²) in [6.07, 6.45) is 0. The van der Waals surface area contributed by atoms with Gasteiger partial charge >= 0.3 is 0 Å². The van der Waals surface area contributed by atoms with Crippen LogP contribution in [0, 0.1) is 0 Å². The van der Waals surface area contributed by atoms with Crippen molar-refractivity contribution in [2.24, 2.45) is 0 Å². The summed E-state index contributed by atoms with van der Waals surface area (Å²) in [5.74, 6) is 0.834. The van der Waals surface area contributed by atoms with Gasteiger partial charge in [-0.25, -0.2) is 0 Å². The van der Waals surface area contributed by atoms with Crippen LogP contribution in [0.3, 0.4) is 0 Å². The Morgan fingerprint density at radius 3 is 2.55 bits per heavy atom. The minimum absolute atomic E-state index is 0.0308. The van der Waals surface area contributed by atoms with Gasteiger partial charge in [-0.05, 0) is 37.1 Å². The number of benzene rings is 2. The molecule has 22 heavy (non-hydrogen) atoms. The average Bonchev–Trinajstić information content (AvgIpc) is 2.89. The van der Waals surface area contributed by atoms with Gasteiger partial charge in [0.05, 0.1) is 10.9 Å². The summed E-state index contributed by atoms with van der Waals surface area (Å²) >= 11 is 1.77. The maximum atomic E-state index is 12.4. The fourth-order valence-electron chi connectivity index (χ4n) is 2.57. The average molecular weight is 312 g/mol. The lowest BCUT2D eigenvalue weighted by molar-refractivity contribution is -0.117. The summed E-state index contributed by atoms with van der Waals surface area (Å²) in [7, 11) is 0. The smallest absolute Gasteiger partial charge is 0.242 e. The molecule has 1 fully saturated rings. The van der Waals surface area contributed by atoms with Gasteiger partial charge in [0.1, 0.15) is 0 Å². The van der Waals surface area contributed by atoms with Crippen LogP contribution in [0.2, 0.25) is 0 Å². The lowest BCUT2D eigenvalue weighted by Crippen LogP contribution is -2.43. The molecule has 4 heteroatoms. The minimum atomic E-state index is -0.139.